The van der Waals surface area contributed by atoms with Gasteiger partial charge >= 0.3 is 0 Å². The fourth-order valence-electron chi connectivity index (χ4n) is 2.97. The predicted octanol–water partition coefficient (Wildman–Crippen LogP) is 3.52. The zero-order valence-electron chi connectivity index (χ0n) is 12.0. The van der Waals surface area contributed by atoms with Crippen LogP contribution in [0.3, 0.4) is 0 Å². The Hall–Kier alpha value is -0.830. The second-order valence-corrected chi connectivity index (χ2v) is 5.99. The Morgan fingerprint density at radius 2 is 2.11 bits per heavy atom. The maximum Gasteiger partial charge on any atom is 0.0951 e. The molecule has 1 heterocycles. The van der Waals surface area contributed by atoms with Gasteiger partial charge in [0.25, 0.3) is 0 Å². The Bertz CT molecular complexity index is 356. The summed E-state index contributed by atoms with van der Waals surface area (Å²) in [5, 5.41) is 3.75. The van der Waals surface area contributed by atoms with E-state index in [1.807, 2.05) is 12.5 Å². The van der Waals surface area contributed by atoms with Crippen molar-refractivity contribution in [1.82, 2.24) is 14.9 Å². The van der Waals surface area contributed by atoms with Crippen molar-refractivity contribution in [1.29, 1.82) is 0 Å². The first-order valence-electron chi connectivity index (χ1n) is 7.42. The highest BCUT2D eigenvalue weighted by Gasteiger charge is 2.19. The average molecular weight is 249 g/mol. The number of imidazole rings is 1. The lowest BCUT2D eigenvalue weighted by Crippen LogP contribution is -2.34. The first kappa shape index (κ1) is 13.6. The van der Waals surface area contributed by atoms with Crippen LogP contribution in [0.2, 0.25) is 0 Å². The van der Waals surface area contributed by atoms with Gasteiger partial charge in [0.05, 0.1) is 12.0 Å². The van der Waals surface area contributed by atoms with Crippen molar-refractivity contribution < 1.29 is 0 Å². The molecule has 102 valence electrons. The quantitative estimate of drug-likeness (QED) is 0.827. The normalized spacial score (nSPS) is 25.3. The standard InChI is InChI=1S/C15H27N3/c1-12(2)18-11-16-9-14(18)10-17-15-8-6-4-5-7-13(15)3/h9,11-13,15,17H,4-8,10H2,1-3H3. The van der Waals surface area contributed by atoms with Gasteiger partial charge < -0.3 is 9.88 Å². The van der Waals surface area contributed by atoms with Gasteiger partial charge in [0, 0.05) is 24.8 Å². The summed E-state index contributed by atoms with van der Waals surface area (Å²) in [6.45, 7) is 7.76. The van der Waals surface area contributed by atoms with Gasteiger partial charge in [-0.25, -0.2) is 4.98 Å². The zero-order chi connectivity index (χ0) is 13.0. The molecule has 3 heteroatoms. The minimum atomic E-state index is 0.496. The first-order chi connectivity index (χ1) is 8.68. The van der Waals surface area contributed by atoms with Crippen LogP contribution in [-0.2, 0) is 6.54 Å². The van der Waals surface area contributed by atoms with Gasteiger partial charge in [-0.1, -0.05) is 26.2 Å². The molecule has 2 unspecified atom stereocenters. The molecule has 2 atom stereocenters. The summed E-state index contributed by atoms with van der Waals surface area (Å²) >= 11 is 0. The fourth-order valence-corrected chi connectivity index (χ4v) is 2.97. The van der Waals surface area contributed by atoms with Crippen LogP contribution < -0.4 is 5.32 Å². The highest BCUT2D eigenvalue weighted by Crippen LogP contribution is 2.23. The monoisotopic (exact) mass is 249 g/mol. The lowest BCUT2D eigenvalue weighted by Gasteiger charge is -2.23. The molecule has 1 fully saturated rings. The molecule has 0 radical (unpaired) electrons. The number of aromatic nitrogens is 2. The number of rotatable bonds is 4. The number of hydrogen-bond donors (Lipinski definition) is 1. The third-order valence-electron chi connectivity index (χ3n) is 4.21. The molecule has 0 aromatic carbocycles. The Balaban J connectivity index is 1.91. The molecule has 2 rings (SSSR count). The molecule has 0 saturated heterocycles. The lowest BCUT2D eigenvalue weighted by atomic mass is 9.97. The van der Waals surface area contributed by atoms with E-state index in [1.54, 1.807) is 0 Å². The summed E-state index contributed by atoms with van der Waals surface area (Å²) in [6, 6.07) is 1.18. The van der Waals surface area contributed by atoms with Crippen LogP contribution in [-0.4, -0.2) is 15.6 Å². The van der Waals surface area contributed by atoms with E-state index >= 15 is 0 Å². The summed E-state index contributed by atoms with van der Waals surface area (Å²) in [5.74, 6) is 0.808. The largest absolute Gasteiger partial charge is 0.331 e. The molecule has 0 spiro atoms. The van der Waals surface area contributed by atoms with Gasteiger partial charge in [0.2, 0.25) is 0 Å². The zero-order valence-corrected chi connectivity index (χ0v) is 12.0. The maximum absolute atomic E-state index is 4.27. The predicted molar refractivity (Wildman–Crippen MR) is 75.5 cm³/mol. The van der Waals surface area contributed by atoms with Gasteiger partial charge in [0.15, 0.2) is 0 Å². The van der Waals surface area contributed by atoms with Crippen LogP contribution in [0, 0.1) is 5.92 Å². The highest BCUT2D eigenvalue weighted by molar-refractivity contribution is 5.00. The van der Waals surface area contributed by atoms with Crippen molar-refractivity contribution in [3.8, 4) is 0 Å². The molecule has 1 N–H and O–H groups in total. The number of nitrogens with one attached hydrogen (secondary N) is 1. The molecule has 1 aromatic rings. The van der Waals surface area contributed by atoms with Gasteiger partial charge in [-0.2, -0.15) is 0 Å². The van der Waals surface area contributed by atoms with Crippen LogP contribution in [0.5, 0.6) is 0 Å². The van der Waals surface area contributed by atoms with Crippen LogP contribution in [0.25, 0.3) is 0 Å². The summed E-state index contributed by atoms with van der Waals surface area (Å²) < 4.78 is 2.26. The Morgan fingerprint density at radius 1 is 1.33 bits per heavy atom. The third-order valence-corrected chi connectivity index (χ3v) is 4.21. The second-order valence-electron chi connectivity index (χ2n) is 5.99. The van der Waals surface area contributed by atoms with Crippen LogP contribution in [0.4, 0.5) is 0 Å². The van der Waals surface area contributed by atoms with E-state index in [9.17, 15) is 0 Å². The van der Waals surface area contributed by atoms with Gasteiger partial charge in [-0.15, -0.1) is 0 Å². The van der Waals surface area contributed by atoms with Crippen molar-refractivity contribution in [3.63, 3.8) is 0 Å². The van der Waals surface area contributed by atoms with Crippen LogP contribution >= 0.6 is 0 Å². The van der Waals surface area contributed by atoms with Gasteiger partial charge in [-0.3, -0.25) is 0 Å². The van der Waals surface area contributed by atoms with Gasteiger partial charge in [0.1, 0.15) is 0 Å². The second kappa shape index (κ2) is 6.37. The smallest absolute Gasteiger partial charge is 0.0951 e. The van der Waals surface area contributed by atoms with Crippen molar-refractivity contribution in [2.24, 2.45) is 5.92 Å². The molecule has 0 aliphatic heterocycles. The van der Waals surface area contributed by atoms with Crippen molar-refractivity contribution >= 4 is 0 Å². The Labute approximate surface area is 111 Å². The SMILES string of the molecule is CC1CCCCCC1NCc1cncn1C(C)C. The molecule has 0 bridgehead atoms. The summed E-state index contributed by atoms with van der Waals surface area (Å²) in [6.07, 6.45) is 10.8. The van der Waals surface area contributed by atoms with Crippen LogP contribution in [0.15, 0.2) is 12.5 Å². The first-order valence-corrected chi connectivity index (χ1v) is 7.42. The number of nitrogens with zero attached hydrogens (tertiary/aromatic N) is 2. The molecule has 18 heavy (non-hydrogen) atoms. The van der Waals surface area contributed by atoms with E-state index in [4.69, 9.17) is 0 Å². The lowest BCUT2D eigenvalue weighted by molar-refractivity contribution is 0.351. The summed E-state index contributed by atoms with van der Waals surface area (Å²) in [4.78, 5) is 4.27. The average Bonchev–Trinajstić information content (AvgIpc) is 2.71. The molecular weight excluding hydrogens is 222 g/mol. The molecule has 1 saturated carbocycles. The fraction of sp³-hybridized carbons (Fsp3) is 0.800. The van der Waals surface area contributed by atoms with Gasteiger partial charge in [-0.05, 0) is 32.6 Å². The van der Waals surface area contributed by atoms with E-state index in [0.717, 1.165) is 12.5 Å². The third kappa shape index (κ3) is 3.35. The summed E-state index contributed by atoms with van der Waals surface area (Å²) in [7, 11) is 0. The topological polar surface area (TPSA) is 29.9 Å². The minimum absolute atomic E-state index is 0.496. The minimum Gasteiger partial charge on any atom is -0.331 e. The van der Waals surface area contributed by atoms with Crippen LogP contribution in [0.1, 0.15) is 64.6 Å². The van der Waals surface area contributed by atoms with Crippen molar-refractivity contribution in [3.05, 3.63) is 18.2 Å². The summed E-state index contributed by atoms with van der Waals surface area (Å²) in [5.41, 5.74) is 1.31. The van der Waals surface area contributed by atoms with E-state index in [1.165, 1.54) is 37.8 Å². The molecule has 3 nitrogen and oxygen atoms in total. The molecular formula is C15H27N3. The molecule has 1 aromatic heterocycles. The molecule has 1 aliphatic rings. The van der Waals surface area contributed by atoms with E-state index in [-0.39, 0.29) is 0 Å². The van der Waals surface area contributed by atoms with E-state index in [2.05, 4.69) is 35.6 Å². The van der Waals surface area contributed by atoms with Crippen molar-refractivity contribution in [2.75, 3.05) is 0 Å². The maximum atomic E-state index is 4.27. The Kier molecular flexibility index (Phi) is 4.81. The molecule has 1 aliphatic carbocycles. The van der Waals surface area contributed by atoms with Crippen molar-refractivity contribution in [2.45, 2.75) is 71.5 Å². The number of hydrogen-bond acceptors (Lipinski definition) is 2. The van der Waals surface area contributed by atoms with E-state index in [0.29, 0.717) is 12.1 Å². The van der Waals surface area contributed by atoms with E-state index < -0.39 is 0 Å². The Morgan fingerprint density at radius 3 is 2.89 bits per heavy atom. The highest BCUT2D eigenvalue weighted by atomic mass is 15.1. The molecule has 0 amide bonds.